The first kappa shape index (κ1) is 18.2. The van der Waals surface area contributed by atoms with Crippen LogP contribution in [0, 0.1) is 13.8 Å². The molecule has 2 rings (SSSR count). The Morgan fingerprint density at radius 3 is 2.79 bits per heavy atom. The number of nitrogens with two attached hydrogens (primary N) is 1. The number of rotatable bonds is 8. The van der Waals surface area contributed by atoms with E-state index in [2.05, 4.69) is 21.8 Å². The van der Waals surface area contributed by atoms with Crippen LogP contribution in [0.4, 0.5) is 0 Å². The van der Waals surface area contributed by atoms with E-state index in [1.165, 1.54) is 0 Å². The van der Waals surface area contributed by atoms with Crippen LogP contribution in [0.2, 0.25) is 0 Å². The summed E-state index contributed by atoms with van der Waals surface area (Å²) in [6, 6.07) is 7.86. The largest absolute Gasteiger partial charge is 0.348 e. The Morgan fingerprint density at radius 2 is 2.17 bits per heavy atom. The van der Waals surface area contributed by atoms with Gasteiger partial charge in [0.25, 0.3) is 5.91 Å². The SMILES string of the molecule is CCCCC(CN)NC(=O)c1cc(C)n(Cc2ccccn2)c1C. The number of nitrogens with zero attached hydrogens (tertiary/aromatic N) is 2. The number of aromatic nitrogens is 2. The lowest BCUT2D eigenvalue weighted by atomic mass is 10.1. The molecule has 2 aromatic rings. The number of hydrogen-bond acceptors (Lipinski definition) is 3. The Labute approximate surface area is 144 Å². The molecule has 130 valence electrons. The molecule has 0 fully saturated rings. The molecule has 5 heteroatoms. The van der Waals surface area contributed by atoms with Crippen molar-refractivity contribution < 1.29 is 4.79 Å². The second-order valence-corrected chi connectivity index (χ2v) is 6.24. The first-order chi connectivity index (χ1) is 11.6. The van der Waals surface area contributed by atoms with Gasteiger partial charge in [-0.15, -0.1) is 0 Å². The van der Waals surface area contributed by atoms with Gasteiger partial charge in [-0.3, -0.25) is 9.78 Å². The van der Waals surface area contributed by atoms with Gasteiger partial charge >= 0.3 is 0 Å². The average molecular weight is 328 g/mol. The van der Waals surface area contributed by atoms with E-state index in [0.29, 0.717) is 13.1 Å². The molecule has 1 atom stereocenters. The molecule has 0 radical (unpaired) electrons. The van der Waals surface area contributed by atoms with E-state index in [9.17, 15) is 4.79 Å². The summed E-state index contributed by atoms with van der Waals surface area (Å²) < 4.78 is 2.13. The summed E-state index contributed by atoms with van der Waals surface area (Å²) in [5.41, 5.74) is 9.51. The molecule has 1 amide bonds. The van der Waals surface area contributed by atoms with Crippen molar-refractivity contribution in [3.63, 3.8) is 0 Å². The molecule has 2 heterocycles. The lowest BCUT2D eigenvalue weighted by Crippen LogP contribution is -2.40. The third-order valence-electron chi connectivity index (χ3n) is 4.39. The zero-order valence-corrected chi connectivity index (χ0v) is 14.9. The van der Waals surface area contributed by atoms with Gasteiger partial charge in [-0.1, -0.05) is 25.8 Å². The molecule has 0 aliphatic carbocycles. The fourth-order valence-corrected chi connectivity index (χ4v) is 2.89. The van der Waals surface area contributed by atoms with Gasteiger partial charge in [-0.2, -0.15) is 0 Å². The maximum absolute atomic E-state index is 12.6. The van der Waals surface area contributed by atoms with Crippen LogP contribution in [0.5, 0.6) is 0 Å². The quantitative estimate of drug-likeness (QED) is 0.782. The molecule has 3 N–H and O–H groups in total. The van der Waals surface area contributed by atoms with Crippen molar-refractivity contribution in [3.8, 4) is 0 Å². The number of carbonyl (C=O) groups is 1. The molecule has 24 heavy (non-hydrogen) atoms. The zero-order chi connectivity index (χ0) is 17.5. The standard InChI is InChI=1S/C19H28N4O/c1-4-5-8-16(12-20)22-19(24)18-11-14(2)23(15(18)3)13-17-9-6-7-10-21-17/h6-7,9-11,16H,4-5,8,12-13,20H2,1-3H3,(H,22,24). The molecule has 2 aromatic heterocycles. The monoisotopic (exact) mass is 328 g/mol. The van der Waals surface area contributed by atoms with Crippen molar-refractivity contribution in [2.24, 2.45) is 5.73 Å². The molecule has 0 saturated heterocycles. The Morgan fingerprint density at radius 1 is 1.38 bits per heavy atom. The molecular weight excluding hydrogens is 300 g/mol. The number of amides is 1. The van der Waals surface area contributed by atoms with Gasteiger partial charge in [0.05, 0.1) is 17.8 Å². The van der Waals surface area contributed by atoms with Gasteiger partial charge in [0.15, 0.2) is 0 Å². The summed E-state index contributed by atoms with van der Waals surface area (Å²) in [5, 5.41) is 3.07. The maximum atomic E-state index is 12.6. The Hall–Kier alpha value is -2.14. The Bertz CT molecular complexity index is 664. The second-order valence-electron chi connectivity index (χ2n) is 6.24. The van der Waals surface area contributed by atoms with Gasteiger partial charge in [0, 0.05) is 30.2 Å². The summed E-state index contributed by atoms with van der Waals surface area (Å²) in [6.07, 6.45) is 4.88. The van der Waals surface area contributed by atoms with Crippen LogP contribution in [-0.4, -0.2) is 28.0 Å². The molecular formula is C19H28N4O. The summed E-state index contributed by atoms with van der Waals surface area (Å²) in [4.78, 5) is 17.0. The zero-order valence-electron chi connectivity index (χ0n) is 14.9. The van der Waals surface area contributed by atoms with Crippen molar-refractivity contribution in [1.29, 1.82) is 0 Å². The van der Waals surface area contributed by atoms with Gasteiger partial charge in [0.2, 0.25) is 0 Å². The average Bonchev–Trinajstić information content (AvgIpc) is 2.87. The smallest absolute Gasteiger partial charge is 0.253 e. The highest BCUT2D eigenvalue weighted by Gasteiger charge is 2.18. The van der Waals surface area contributed by atoms with Crippen molar-refractivity contribution in [2.75, 3.05) is 6.54 Å². The van der Waals surface area contributed by atoms with Crippen molar-refractivity contribution >= 4 is 5.91 Å². The van der Waals surface area contributed by atoms with Crippen molar-refractivity contribution in [1.82, 2.24) is 14.9 Å². The van der Waals surface area contributed by atoms with Crippen LogP contribution >= 0.6 is 0 Å². The van der Waals surface area contributed by atoms with Crippen molar-refractivity contribution in [3.05, 3.63) is 53.1 Å². The lowest BCUT2D eigenvalue weighted by molar-refractivity contribution is 0.0935. The summed E-state index contributed by atoms with van der Waals surface area (Å²) in [7, 11) is 0. The summed E-state index contributed by atoms with van der Waals surface area (Å²) >= 11 is 0. The molecule has 5 nitrogen and oxygen atoms in total. The molecule has 0 spiro atoms. The number of unbranched alkanes of at least 4 members (excludes halogenated alkanes) is 1. The van der Waals surface area contributed by atoms with E-state index in [1.54, 1.807) is 6.20 Å². The third kappa shape index (κ3) is 4.45. The van der Waals surface area contributed by atoms with Gasteiger partial charge in [-0.05, 0) is 38.5 Å². The van der Waals surface area contributed by atoms with Gasteiger partial charge < -0.3 is 15.6 Å². The van der Waals surface area contributed by atoms with Crippen LogP contribution < -0.4 is 11.1 Å². The minimum atomic E-state index is -0.0399. The van der Waals surface area contributed by atoms with Crippen LogP contribution in [0.15, 0.2) is 30.5 Å². The van der Waals surface area contributed by atoms with E-state index in [1.807, 2.05) is 38.1 Å². The van der Waals surface area contributed by atoms with Gasteiger partial charge in [0.1, 0.15) is 0 Å². The molecule has 0 bridgehead atoms. The molecule has 0 aliphatic rings. The molecule has 1 unspecified atom stereocenters. The molecule has 0 aliphatic heterocycles. The molecule has 0 aromatic carbocycles. The minimum absolute atomic E-state index is 0.0382. The minimum Gasteiger partial charge on any atom is -0.348 e. The number of hydrogen-bond donors (Lipinski definition) is 2. The number of pyridine rings is 1. The fourth-order valence-electron chi connectivity index (χ4n) is 2.89. The lowest BCUT2D eigenvalue weighted by Gasteiger charge is -2.16. The van der Waals surface area contributed by atoms with E-state index in [0.717, 1.165) is 41.9 Å². The Balaban J connectivity index is 2.13. The van der Waals surface area contributed by atoms with Crippen LogP contribution in [0.25, 0.3) is 0 Å². The maximum Gasteiger partial charge on any atom is 0.253 e. The van der Waals surface area contributed by atoms with E-state index in [-0.39, 0.29) is 11.9 Å². The van der Waals surface area contributed by atoms with Crippen LogP contribution in [0.3, 0.4) is 0 Å². The predicted octanol–water partition coefficient (Wildman–Crippen LogP) is 2.80. The van der Waals surface area contributed by atoms with Crippen molar-refractivity contribution in [2.45, 2.75) is 52.6 Å². The normalized spacial score (nSPS) is 12.2. The second kappa shape index (κ2) is 8.64. The van der Waals surface area contributed by atoms with Crippen LogP contribution in [0.1, 0.15) is 53.6 Å². The third-order valence-corrected chi connectivity index (χ3v) is 4.39. The highest BCUT2D eigenvalue weighted by Crippen LogP contribution is 2.17. The van der Waals surface area contributed by atoms with Gasteiger partial charge in [-0.25, -0.2) is 0 Å². The highest BCUT2D eigenvalue weighted by atomic mass is 16.1. The van der Waals surface area contributed by atoms with E-state index < -0.39 is 0 Å². The topological polar surface area (TPSA) is 72.9 Å². The summed E-state index contributed by atoms with van der Waals surface area (Å²) in [5.74, 6) is -0.0399. The van der Waals surface area contributed by atoms with E-state index in [4.69, 9.17) is 5.73 Å². The predicted molar refractivity (Wildman–Crippen MR) is 97.1 cm³/mol. The molecule has 0 saturated carbocycles. The fraction of sp³-hybridized carbons (Fsp3) is 0.474. The number of nitrogens with one attached hydrogen (secondary N) is 1. The van der Waals surface area contributed by atoms with E-state index >= 15 is 0 Å². The first-order valence-corrected chi connectivity index (χ1v) is 8.64. The first-order valence-electron chi connectivity index (χ1n) is 8.64. The number of carbonyl (C=O) groups excluding carboxylic acids is 1. The highest BCUT2D eigenvalue weighted by molar-refractivity contribution is 5.95. The van der Waals surface area contributed by atoms with Crippen LogP contribution in [-0.2, 0) is 6.54 Å². The summed E-state index contributed by atoms with van der Waals surface area (Å²) in [6.45, 7) is 7.28. The number of aryl methyl sites for hydroxylation is 1. The Kier molecular flexibility index (Phi) is 6.55.